The minimum atomic E-state index is -0.269. The molecular weight excluding hydrogens is 346 g/mol. The van der Waals surface area contributed by atoms with Crippen molar-refractivity contribution >= 4 is 45.5 Å². The Kier molecular flexibility index (Phi) is 4.33. The average molecular weight is 362 g/mol. The molecule has 0 aliphatic rings. The summed E-state index contributed by atoms with van der Waals surface area (Å²) in [6, 6.07) is 25.0. The zero-order valence-electron chi connectivity index (χ0n) is 13.8. The molecule has 0 atom stereocenters. The molecule has 4 nitrogen and oxygen atoms in total. The van der Waals surface area contributed by atoms with E-state index in [9.17, 15) is 4.79 Å². The van der Waals surface area contributed by atoms with Crippen molar-refractivity contribution in [3.05, 3.63) is 89.6 Å². The molecule has 1 amide bonds. The predicted octanol–water partition coefficient (Wildman–Crippen LogP) is 5.82. The van der Waals surface area contributed by atoms with E-state index < -0.39 is 0 Å². The molecule has 0 spiro atoms. The molecule has 1 aromatic heterocycles. The number of aromatic nitrogens is 1. The van der Waals surface area contributed by atoms with Crippen LogP contribution in [0.1, 0.15) is 10.5 Å². The van der Waals surface area contributed by atoms with Crippen LogP contribution in [0.5, 0.6) is 0 Å². The van der Waals surface area contributed by atoms with Gasteiger partial charge < -0.3 is 15.6 Å². The first-order valence-electron chi connectivity index (χ1n) is 8.20. The minimum absolute atomic E-state index is 0.269. The highest BCUT2D eigenvalue weighted by Crippen LogP contribution is 2.28. The number of amides is 1. The Hall–Kier alpha value is -3.24. The standard InChI is InChI=1S/C21H16ClN3O/c22-19-17-8-4-5-9-18(17)25-20(19)21(26)24-16-12-10-15(11-13-16)23-14-6-2-1-3-7-14/h1-13,23,25H,(H,24,26). The largest absolute Gasteiger partial charge is 0.356 e. The number of nitrogens with one attached hydrogen (secondary N) is 3. The van der Waals surface area contributed by atoms with E-state index in [1.54, 1.807) is 0 Å². The lowest BCUT2D eigenvalue weighted by Gasteiger charge is -2.08. The second kappa shape index (κ2) is 6.94. The van der Waals surface area contributed by atoms with Crippen molar-refractivity contribution in [2.24, 2.45) is 0 Å². The third kappa shape index (κ3) is 3.27. The molecule has 0 unspecified atom stereocenters. The Bertz CT molecular complexity index is 1060. The van der Waals surface area contributed by atoms with Gasteiger partial charge in [0.15, 0.2) is 0 Å². The number of carbonyl (C=O) groups excluding carboxylic acids is 1. The number of H-pyrrole nitrogens is 1. The van der Waals surface area contributed by atoms with E-state index in [0.717, 1.165) is 22.3 Å². The molecule has 0 aliphatic heterocycles. The Morgan fingerprint density at radius 2 is 1.38 bits per heavy atom. The van der Waals surface area contributed by atoms with Crippen LogP contribution in [-0.4, -0.2) is 10.9 Å². The van der Waals surface area contributed by atoms with Crippen LogP contribution in [0.15, 0.2) is 78.9 Å². The maximum absolute atomic E-state index is 12.5. The first kappa shape index (κ1) is 16.2. The number of para-hydroxylation sites is 2. The summed E-state index contributed by atoms with van der Waals surface area (Å²) in [6.45, 7) is 0. The van der Waals surface area contributed by atoms with Crippen LogP contribution in [0, 0.1) is 0 Å². The van der Waals surface area contributed by atoms with Crippen LogP contribution in [0.25, 0.3) is 10.9 Å². The molecule has 128 valence electrons. The zero-order valence-corrected chi connectivity index (χ0v) is 14.5. The third-order valence-electron chi connectivity index (χ3n) is 4.07. The van der Waals surface area contributed by atoms with Crippen LogP contribution < -0.4 is 10.6 Å². The Morgan fingerprint density at radius 1 is 0.769 bits per heavy atom. The third-order valence-corrected chi connectivity index (χ3v) is 4.47. The fourth-order valence-electron chi connectivity index (χ4n) is 2.78. The lowest BCUT2D eigenvalue weighted by atomic mass is 10.2. The number of rotatable bonds is 4. The summed E-state index contributed by atoms with van der Waals surface area (Å²) in [4.78, 5) is 15.6. The summed E-state index contributed by atoms with van der Waals surface area (Å²) in [5.41, 5.74) is 3.85. The maximum atomic E-state index is 12.5. The molecule has 0 saturated heterocycles. The van der Waals surface area contributed by atoms with Gasteiger partial charge >= 0.3 is 0 Å². The minimum Gasteiger partial charge on any atom is -0.356 e. The SMILES string of the molecule is O=C(Nc1ccc(Nc2ccccc2)cc1)c1[nH]c2ccccc2c1Cl. The number of aromatic amines is 1. The van der Waals surface area contributed by atoms with E-state index in [-0.39, 0.29) is 5.91 Å². The number of benzene rings is 3. The van der Waals surface area contributed by atoms with E-state index in [0.29, 0.717) is 16.4 Å². The fourth-order valence-corrected chi connectivity index (χ4v) is 3.08. The number of carbonyl (C=O) groups is 1. The summed E-state index contributed by atoms with van der Waals surface area (Å²) in [5.74, 6) is -0.269. The van der Waals surface area contributed by atoms with Gasteiger partial charge in [0.2, 0.25) is 0 Å². The normalized spacial score (nSPS) is 10.7. The van der Waals surface area contributed by atoms with Crippen LogP contribution in [0.3, 0.4) is 0 Å². The molecule has 0 saturated carbocycles. The van der Waals surface area contributed by atoms with Crippen molar-refractivity contribution in [1.82, 2.24) is 4.98 Å². The van der Waals surface area contributed by atoms with Crippen molar-refractivity contribution in [3.8, 4) is 0 Å². The fraction of sp³-hybridized carbons (Fsp3) is 0. The first-order chi connectivity index (χ1) is 12.7. The van der Waals surface area contributed by atoms with Gasteiger partial charge in [0.1, 0.15) is 5.69 Å². The predicted molar refractivity (Wildman–Crippen MR) is 107 cm³/mol. The maximum Gasteiger partial charge on any atom is 0.273 e. The summed E-state index contributed by atoms with van der Waals surface area (Å²) in [6.07, 6.45) is 0. The van der Waals surface area contributed by atoms with Crippen molar-refractivity contribution < 1.29 is 4.79 Å². The van der Waals surface area contributed by atoms with Crippen LogP contribution in [0.2, 0.25) is 5.02 Å². The highest BCUT2D eigenvalue weighted by molar-refractivity contribution is 6.39. The molecule has 0 bridgehead atoms. The quantitative estimate of drug-likeness (QED) is 0.429. The second-order valence-electron chi connectivity index (χ2n) is 5.88. The number of hydrogen-bond acceptors (Lipinski definition) is 2. The van der Waals surface area contributed by atoms with E-state index in [1.165, 1.54) is 0 Å². The highest BCUT2D eigenvalue weighted by atomic mass is 35.5. The molecule has 3 N–H and O–H groups in total. The molecule has 5 heteroatoms. The van der Waals surface area contributed by atoms with Gasteiger partial charge in [-0.15, -0.1) is 0 Å². The number of fused-ring (bicyclic) bond motifs is 1. The first-order valence-corrected chi connectivity index (χ1v) is 8.58. The van der Waals surface area contributed by atoms with Gasteiger partial charge in [-0.05, 0) is 42.5 Å². The Labute approximate surface area is 155 Å². The van der Waals surface area contributed by atoms with Crippen LogP contribution >= 0.6 is 11.6 Å². The smallest absolute Gasteiger partial charge is 0.273 e. The molecule has 1 heterocycles. The molecule has 0 fully saturated rings. The van der Waals surface area contributed by atoms with Gasteiger partial charge in [-0.1, -0.05) is 48.0 Å². The van der Waals surface area contributed by atoms with Gasteiger partial charge in [-0.3, -0.25) is 4.79 Å². The van der Waals surface area contributed by atoms with Gasteiger partial charge in [0, 0.05) is 28.0 Å². The monoisotopic (exact) mass is 361 g/mol. The molecule has 0 aliphatic carbocycles. The summed E-state index contributed by atoms with van der Waals surface area (Å²) in [7, 11) is 0. The summed E-state index contributed by atoms with van der Waals surface area (Å²) < 4.78 is 0. The molecule has 26 heavy (non-hydrogen) atoms. The molecule has 4 rings (SSSR count). The summed E-state index contributed by atoms with van der Waals surface area (Å²) >= 11 is 6.33. The van der Waals surface area contributed by atoms with E-state index in [4.69, 9.17) is 11.6 Å². The van der Waals surface area contributed by atoms with Gasteiger partial charge in [-0.2, -0.15) is 0 Å². The van der Waals surface area contributed by atoms with Gasteiger partial charge in [-0.25, -0.2) is 0 Å². The molecule has 3 aromatic carbocycles. The Morgan fingerprint density at radius 3 is 2.12 bits per heavy atom. The van der Waals surface area contributed by atoms with Gasteiger partial charge in [0.25, 0.3) is 5.91 Å². The molecule has 0 radical (unpaired) electrons. The van der Waals surface area contributed by atoms with Crippen molar-refractivity contribution in [2.75, 3.05) is 10.6 Å². The molecular formula is C21H16ClN3O. The van der Waals surface area contributed by atoms with Crippen molar-refractivity contribution in [1.29, 1.82) is 0 Å². The van der Waals surface area contributed by atoms with Gasteiger partial charge in [0.05, 0.1) is 5.02 Å². The number of hydrogen-bond donors (Lipinski definition) is 3. The van der Waals surface area contributed by atoms with Crippen molar-refractivity contribution in [2.45, 2.75) is 0 Å². The lowest BCUT2D eigenvalue weighted by Crippen LogP contribution is -2.12. The summed E-state index contributed by atoms with van der Waals surface area (Å²) in [5, 5.41) is 7.44. The van der Waals surface area contributed by atoms with Crippen LogP contribution in [0.4, 0.5) is 17.1 Å². The van der Waals surface area contributed by atoms with E-state index in [2.05, 4.69) is 15.6 Å². The number of anilines is 3. The van der Waals surface area contributed by atoms with E-state index >= 15 is 0 Å². The van der Waals surface area contributed by atoms with Crippen LogP contribution in [-0.2, 0) is 0 Å². The lowest BCUT2D eigenvalue weighted by molar-refractivity contribution is 0.102. The zero-order chi connectivity index (χ0) is 17.9. The topological polar surface area (TPSA) is 56.9 Å². The van der Waals surface area contributed by atoms with Crippen molar-refractivity contribution in [3.63, 3.8) is 0 Å². The molecule has 4 aromatic rings. The second-order valence-corrected chi connectivity index (χ2v) is 6.26. The Balaban J connectivity index is 1.49. The average Bonchev–Trinajstić information content (AvgIpc) is 3.01. The highest BCUT2D eigenvalue weighted by Gasteiger charge is 2.16. The van der Waals surface area contributed by atoms with E-state index in [1.807, 2.05) is 78.9 Å². The number of halogens is 1.